The molecular weight excluding hydrogens is 464 g/mol. The molecular formula is C28H24O8. The molecule has 0 saturated carbocycles. The highest BCUT2D eigenvalue weighted by Crippen LogP contribution is 2.27. The summed E-state index contributed by atoms with van der Waals surface area (Å²) in [5.41, 5.74) is 1.39. The third kappa shape index (κ3) is 6.17. The van der Waals surface area contributed by atoms with Crippen molar-refractivity contribution < 1.29 is 38.1 Å². The van der Waals surface area contributed by atoms with Crippen LogP contribution in [0, 0.1) is 0 Å². The summed E-state index contributed by atoms with van der Waals surface area (Å²) in [6.45, 7) is 0.0820. The third-order valence-electron chi connectivity index (χ3n) is 5.30. The third-order valence-corrected chi connectivity index (χ3v) is 5.30. The Labute approximate surface area is 208 Å². The average molecular weight is 488 g/mol. The van der Waals surface area contributed by atoms with E-state index < -0.39 is 36.4 Å². The summed E-state index contributed by atoms with van der Waals surface area (Å²) in [5.74, 6) is -2.37. The Morgan fingerprint density at radius 1 is 0.722 bits per heavy atom. The Hall–Kier alpha value is -4.43. The van der Waals surface area contributed by atoms with Crippen molar-refractivity contribution in [3.8, 4) is 0 Å². The van der Waals surface area contributed by atoms with Gasteiger partial charge in [-0.25, -0.2) is 14.4 Å². The highest BCUT2D eigenvalue weighted by Gasteiger charge is 2.43. The summed E-state index contributed by atoms with van der Waals surface area (Å²) < 4.78 is 27.8. The second-order valence-electron chi connectivity index (χ2n) is 7.78. The normalized spacial score (nSPS) is 18.8. The summed E-state index contributed by atoms with van der Waals surface area (Å²) in [7, 11) is 1.19. The van der Waals surface area contributed by atoms with E-state index in [2.05, 4.69) is 0 Å². The van der Waals surface area contributed by atoms with Crippen molar-refractivity contribution in [2.45, 2.75) is 25.1 Å². The van der Waals surface area contributed by atoms with Gasteiger partial charge in [0.1, 0.15) is 0 Å². The van der Waals surface area contributed by atoms with E-state index in [0.29, 0.717) is 0 Å². The Bertz CT molecular complexity index is 1210. The Morgan fingerprint density at radius 3 is 1.81 bits per heavy atom. The number of esters is 3. The molecule has 4 rings (SSSR count). The quantitative estimate of drug-likeness (QED) is 0.346. The van der Waals surface area contributed by atoms with E-state index >= 15 is 0 Å². The van der Waals surface area contributed by atoms with Crippen molar-refractivity contribution in [1.82, 2.24) is 0 Å². The number of methoxy groups -OCH3 is 1. The predicted octanol–water partition coefficient (Wildman–Crippen LogP) is 4.07. The Kier molecular flexibility index (Phi) is 8.10. The molecule has 3 aromatic rings. The van der Waals surface area contributed by atoms with E-state index in [0.717, 1.165) is 5.56 Å². The van der Waals surface area contributed by atoms with Gasteiger partial charge in [-0.05, 0) is 29.8 Å². The minimum atomic E-state index is -1.27. The number of hydrogen-bond donors (Lipinski definition) is 0. The molecule has 8 heteroatoms. The maximum atomic E-state index is 12.9. The van der Waals surface area contributed by atoms with Gasteiger partial charge in [-0.15, -0.1) is 0 Å². The molecule has 1 aliphatic heterocycles. The zero-order valence-corrected chi connectivity index (χ0v) is 19.4. The molecule has 0 unspecified atom stereocenters. The topological polar surface area (TPSA) is 97.4 Å². The van der Waals surface area contributed by atoms with Gasteiger partial charge in [0, 0.05) is 6.08 Å². The summed E-state index contributed by atoms with van der Waals surface area (Å²) >= 11 is 0. The summed E-state index contributed by atoms with van der Waals surface area (Å²) in [6.07, 6.45) is -2.44. The highest BCUT2D eigenvalue weighted by molar-refractivity contribution is 5.91. The first-order valence-electron chi connectivity index (χ1n) is 11.2. The fourth-order valence-corrected chi connectivity index (χ4v) is 3.48. The lowest BCUT2D eigenvalue weighted by molar-refractivity contribution is -0.213. The van der Waals surface area contributed by atoms with E-state index in [4.69, 9.17) is 23.7 Å². The molecule has 36 heavy (non-hydrogen) atoms. The largest absolute Gasteiger partial charge is 0.463 e. The van der Waals surface area contributed by atoms with Gasteiger partial charge in [-0.1, -0.05) is 66.7 Å². The molecule has 8 nitrogen and oxygen atoms in total. The second kappa shape index (κ2) is 11.8. The van der Waals surface area contributed by atoms with Crippen LogP contribution in [-0.4, -0.2) is 43.5 Å². The van der Waals surface area contributed by atoms with Gasteiger partial charge in [-0.2, -0.15) is 0 Å². The number of hydrogen-bond acceptors (Lipinski definition) is 8. The fraction of sp³-hybridized carbons (Fsp3) is 0.179. The van der Waals surface area contributed by atoms with Crippen molar-refractivity contribution >= 4 is 17.9 Å². The minimum absolute atomic E-state index is 0.0820. The maximum Gasteiger partial charge on any atom is 0.373 e. The number of ether oxygens (including phenoxy) is 5. The van der Waals surface area contributed by atoms with Crippen LogP contribution < -0.4 is 0 Å². The first-order valence-corrected chi connectivity index (χ1v) is 11.2. The molecule has 1 heterocycles. The van der Waals surface area contributed by atoms with Gasteiger partial charge in [0.05, 0.1) is 24.8 Å². The molecule has 0 N–H and O–H groups in total. The van der Waals surface area contributed by atoms with Crippen LogP contribution in [0.4, 0.5) is 0 Å². The zero-order valence-electron chi connectivity index (χ0n) is 19.4. The molecule has 184 valence electrons. The molecule has 0 bridgehead atoms. The first-order chi connectivity index (χ1) is 17.5. The van der Waals surface area contributed by atoms with E-state index in [1.54, 1.807) is 60.7 Å². The summed E-state index contributed by atoms with van der Waals surface area (Å²) in [4.78, 5) is 38.1. The lowest BCUT2D eigenvalue weighted by Gasteiger charge is -2.35. The fourth-order valence-electron chi connectivity index (χ4n) is 3.48. The van der Waals surface area contributed by atoms with Gasteiger partial charge >= 0.3 is 17.9 Å². The number of benzene rings is 3. The maximum absolute atomic E-state index is 12.9. The monoisotopic (exact) mass is 488 g/mol. The first kappa shape index (κ1) is 24.7. The van der Waals surface area contributed by atoms with Crippen LogP contribution in [0.5, 0.6) is 0 Å². The molecule has 1 aliphatic rings. The smallest absolute Gasteiger partial charge is 0.373 e. The lowest BCUT2D eigenvalue weighted by atomic mass is 10.1. The molecule has 0 fully saturated rings. The minimum Gasteiger partial charge on any atom is -0.463 e. The average Bonchev–Trinajstić information content (AvgIpc) is 2.94. The molecule has 0 aliphatic carbocycles. The van der Waals surface area contributed by atoms with Crippen LogP contribution in [0.2, 0.25) is 0 Å². The molecule has 0 aromatic heterocycles. The van der Waals surface area contributed by atoms with Gasteiger partial charge < -0.3 is 23.7 Å². The number of carbonyl (C=O) groups excluding carboxylic acids is 3. The van der Waals surface area contributed by atoms with Crippen LogP contribution in [0.3, 0.4) is 0 Å². The summed E-state index contributed by atoms with van der Waals surface area (Å²) in [6, 6.07) is 25.9. The Balaban J connectivity index is 1.64. The van der Waals surface area contributed by atoms with Crippen molar-refractivity contribution in [2.75, 3.05) is 7.11 Å². The molecule has 0 saturated heterocycles. The van der Waals surface area contributed by atoms with Crippen LogP contribution in [0.15, 0.2) is 103 Å². The van der Waals surface area contributed by atoms with Gasteiger partial charge in [0.15, 0.2) is 6.10 Å². The van der Waals surface area contributed by atoms with Gasteiger partial charge in [0.25, 0.3) is 0 Å². The van der Waals surface area contributed by atoms with Crippen LogP contribution in [0.1, 0.15) is 26.3 Å². The standard InChI is InChI=1S/C28H24O8/c1-32-27(31)23-17-22(34-25(29)20-13-7-3-8-14-20)24(36-26(30)21-15-9-4-10-16-21)28(35-23)33-18-19-11-5-2-6-12-19/h2-17,22,24,28H,18H2,1H3/t22-,24+,28+/m0/s1. The lowest BCUT2D eigenvalue weighted by Crippen LogP contribution is -2.48. The van der Waals surface area contributed by atoms with Crippen LogP contribution in [-0.2, 0) is 35.1 Å². The molecule has 3 aromatic carbocycles. The molecule has 0 amide bonds. The van der Waals surface area contributed by atoms with Crippen molar-refractivity contribution in [1.29, 1.82) is 0 Å². The zero-order chi connectivity index (χ0) is 25.3. The van der Waals surface area contributed by atoms with Gasteiger partial charge in [-0.3, -0.25) is 0 Å². The number of carbonyl (C=O) groups is 3. The number of rotatable bonds is 8. The summed E-state index contributed by atoms with van der Waals surface area (Å²) in [5, 5.41) is 0. The van der Waals surface area contributed by atoms with E-state index in [1.165, 1.54) is 13.2 Å². The molecule has 0 spiro atoms. The molecule has 3 atom stereocenters. The van der Waals surface area contributed by atoms with Crippen LogP contribution >= 0.6 is 0 Å². The highest BCUT2D eigenvalue weighted by atomic mass is 16.7. The van der Waals surface area contributed by atoms with Crippen molar-refractivity contribution in [3.05, 3.63) is 120 Å². The van der Waals surface area contributed by atoms with Crippen molar-refractivity contribution in [2.24, 2.45) is 0 Å². The Morgan fingerprint density at radius 2 is 1.25 bits per heavy atom. The molecule has 0 radical (unpaired) electrons. The van der Waals surface area contributed by atoms with E-state index in [-0.39, 0.29) is 23.5 Å². The second-order valence-corrected chi connectivity index (χ2v) is 7.78. The van der Waals surface area contributed by atoms with Crippen LogP contribution in [0.25, 0.3) is 0 Å². The SMILES string of the molecule is COC(=O)C1=C[C@H](OC(=O)c2ccccc2)[C@@H](OC(=O)c2ccccc2)[C@H](OCc2ccccc2)O1. The van der Waals surface area contributed by atoms with E-state index in [9.17, 15) is 14.4 Å². The van der Waals surface area contributed by atoms with Gasteiger partial charge in [0.2, 0.25) is 18.2 Å². The predicted molar refractivity (Wildman–Crippen MR) is 127 cm³/mol. The van der Waals surface area contributed by atoms with E-state index in [1.807, 2.05) is 30.3 Å². The van der Waals surface area contributed by atoms with Crippen molar-refractivity contribution in [3.63, 3.8) is 0 Å².